The number of aromatic nitrogens is 2. The maximum atomic E-state index is 13.1. The molecule has 1 aliphatic carbocycles. The van der Waals surface area contributed by atoms with E-state index in [1.165, 1.54) is 5.56 Å². The van der Waals surface area contributed by atoms with Gasteiger partial charge in [-0.3, -0.25) is 9.89 Å². The Morgan fingerprint density at radius 1 is 1.17 bits per heavy atom. The van der Waals surface area contributed by atoms with E-state index < -0.39 is 5.41 Å². The topological polar surface area (TPSA) is 57.8 Å². The van der Waals surface area contributed by atoms with Crippen LogP contribution in [0.15, 0.2) is 41.7 Å². The van der Waals surface area contributed by atoms with Crippen molar-refractivity contribution < 1.29 is 4.79 Å². The monoisotopic (exact) mass is 321 g/mol. The molecule has 0 bridgehead atoms. The van der Waals surface area contributed by atoms with E-state index >= 15 is 0 Å². The van der Waals surface area contributed by atoms with Crippen LogP contribution >= 0.6 is 0 Å². The first-order chi connectivity index (χ1) is 11.3. The number of hydrogen-bond acceptors (Lipinski definition) is 3. The molecule has 1 aromatic carbocycles. The van der Waals surface area contributed by atoms with E-state index in [2.05, 4.69) is 67.5 Å². The largest absolute Gasteiger partial charge is 0.343 e. The fourth-order valence-electron chi connectivity index (χ4n) is 4.31. The fourth-order valence-corrected chi connectivity index (χ4v) is 4.31. The Morgan fingerprint density at radius 2 is 1.96 bits per heavy atom. The lowest BCUT2D eigenvalue weighted by molar-refractivity contribution is -0.118. The summed E-state index contributed by atoms with van der Waals surface area (Å²) in [6.45, 7) is 8.56. The Balaban J connectivity index is 2.00. The van der Waals surface area contributed by atoms with Crippen molar-refractivity contribution >= 4 is 11.6 Å². The van der Waals surface area contributed by atoms with Gasteiger partial charge in [0.1, 0.15) is 5.82 Å². The van der Waals surface area contributed by atoms with Crippen molar-refractivity contribution in [1.82, 2.24) is 10.2 Å². The molecule has 2 N–H and O–H groups in total. The van der Waals surface area contributed by atoms with Gasteiger partial charge in [0.15, 0.2) is 5.78 Å². The van der Waals surface area contributed by atoms with E-state index in [1.54, 1.807) is 0 Å². The van der Waals surface area contributed by atoms with Crippen LogP contribution in [0.25, 0.3) is 0 Å². The first kappa shape index (κ1) is 15.2. The first-order valence-corrected chi connectivity index (χ1v) is 8.46. The molecule has 124 valence electrons. The van der Waals surface area contributed by atoms with Crippen LogP contribution in [0.4, 0.5) is 5.82 Å². The van der Waals surface area contributed by atoms with Gasteiger partial charge in [-0.25, -0.2) is 0 Å². The zero-order chi connectivity index (χ0) is 17.1. The summed E-state index contributed by atoms with van der Waals surface area (Å²) in [6.07, 6.45) is 3.30. The lowest BCUT2D eigenvalue weighted by Crippen LogP contribution is -2.41. The van der Waals surface area contributed by atoms with E-state index in [0.717, 1.165) is 34.6 Å². The van der Waals surface area contributed by atoms with Crippen LogP contribution in [0.2, 0.25) is 0 Å². The molecule has 0 saturated heterocycles. The maximum Gasteiger partial charge on any atom is 0.162 e. The summed E-state index contributed by atoms with van der Waals surface area (Å²) in [5.74, 6) is 1.15. The third-order valence-electron chi connectivity index (χ3n) is 5.42. The lowest BCUT2D eigenvalue weighted by atomic mass is 9.62. The number of aromatic amines is 1. The Labute approximate surface area is 142 Å². The number of Topliss-reactive ketones (excluding diaryl/α,β-unsaturated/α-hetero) is 1. The minimum Gasteiger partial charge on any atom is -0.343 e. The molecule has 2 aliphatic rings. The molecule has 1 atom stereocenters. The van der Waals surface area contributed by atoms with Crippen LogP contribution in [-0.2, 0) is 10.2 Å². The molecule has 0 radical (unpaired) electrons. The molecule has 0 unspecified atom stereocenters. The number of H-pyrrole nitrogens is 1. The highest BCUT2D eigenvalue weighted by atomic mass is 16.1. The van der Waals surface area contributed by atoms with Gasteiger partial charge < -0.3 is 5.32 Å². The van der Waals surface area contributed by atoms with Gasteiger partial charge in [-0.1, -0.05) is 43.7 Å². The van der Waals surface area contributed by atoms with Crippen molar-refractivity contribution in [2.75, 3.05) is 5.32 Å². The van der Waals surface area contributed by atoms with Gasteiger partial charge in [-0.15, -0.1) is 0 Å². The standard InChI is InChI=1S/C20H23N3O/c1-12-6-5-7-13(8-12)20(4)14-11-21-23-18(14)22-15-9-19(2,3)10-16(24)17(15)20/h5-8,11H,9-10H2,1-4H3,(H2,21,22,23)/t20-/m0/s1. The SMILES string of the molecule is Cc1cccc([C@]2(C)C3=C(CC(C)(C)CC3=O)Nc3[nH]ncc32)c1. The maximum absolute atomic E-state index is 13.1. The van der Waals surface area contributed by atoms with Crippen molar-refractivity contribution in [2.24, 2.45) is 5.41 Å². The number of rotatable bonds is 1. The molecule has 24 heavy (non-hydrogen) atoms. The quantitative estimate of drug-likeness (QED) is 0.831. The second-order valence-corrected chi connectivity index (χ2v) is 8.07. The van der Waals surface area contributed by atoms with E-state index in [9.17, 15) is 4.79 Å². The number of carbonyl (C=O) groups excluding carboxylic acids is 1. The smallest absolute Gasteiger partial charge is 0.162 e. The Kier molecular flexibility index (Phi) is 3.05. The second-order valence-electron chi connectivity index (χ2n) is 8.07. The molecular weight excluding hydrogens is 298 g/mol. The number of nitrogens with zero attached hydrogens (tertiary/aromatic N) is 1. The van der Waals surface area contributed by atoms with Gasteiger partial charge in [0, 0.05) is 23.3 Å². The number of fused-ring (bicyclic) bond motifs is 1. The fraction of sp³-hybridized carbons (Fsp3) is 0.400. The highest BCUT2D eigenvalue weighted by Gasteiger charge is 2.48. The van der Waals surface area contributed by atoms with Gasteiger partial charge >= 0.3 is 0 Å². The number of ketones is 1. The van der Waals surface area contributed by atoms with Gasteiger partial charge in [0.05, 0.1) is 11.6 Å². The zero-order valence-electron chi connectivity index (χ0n) is 14.7. The van der Waals surface area contributed by atoms with E-state index in [1.807, 2.05) is 6.20 Å². The molecule has 1 aliphatic heterocycles. The minimum atomic E-state index is -0.470. The molecule has 1 aromatic heterocycles. The van der Waals surface area contributed by atoms with Crippen molar-refractivity contribution in [3.8, 4) is 0 Å². The van der Waals surface area contributed by atoms with Crippen LogP contribution in [0, 0.1) is 12.3 Å². The van der Waals surface area contributed by atoms with Crippen LogP contribution in [0.3, 0.4) is 0 Å². The number of carbonyl (C=O) groups is 1. The van der Waals surface area contributed by atoms with Gasteiger partial charge in [0.25, 0.3) is 0 Å². The first-order valence-electron chi connectivity index (χ1n) is 8.46. The number of hydrogen-bond donors (Lipinski definition) is 2. The number of allylic oxidation sites excluding steroid dienone is 2. The summed E-state index contributed by atoms with van der Waals surface area (Å²) in [6, 6.07) is 8.45. The molecule has 4 rings (SSSR count). The van der Waals surface area contributed by atoms with Crippen molar-refractivity contribution in [3.05, 3.63) is 58.4 Å². The summed E-state index contributed by atoms with van der Waals surface area (Å²) >= 11 is 0. The normalized spacial score (nSPS) is 25.1. The van der Waals surface area contributed by atoms with Crippen LogP contribution in [-0.4, -0.2) is 16.0 Å². The highest BCUT2D eigenvalue weighted by Crippen LogP contribution is 2.51. The van der Waals surface area contributed by atoms with Gasteiger partial charge in [-0.2, -0.15) is 5.10 Å². The average Bonchev–Trinajstić information content (AvgIpc) is 2.94. The minimum absolute atomic E-state index is 0.0199. The van der Waals surface area contributed by atoms with Crippen LogP contribution in [0.1, 0.15) is 50.3 Å². The number of anilines is 1. The van der Waals surface area contributed by atoms with Crippen LogP contribution < -0.4 is 5.32 Å². The van der Waals surface area contributed by atoms with E-state index in [-0.39, 0.29) is 11.2 Å². The predicted octanol–water partition coefficient (Wildman–Crippen LogP) is 4.09. The van der Waals surface area contributed by atoms with Crippen molar-refractivity contribution in [1.29, 1.82) is 0 Å². The molecule has 0 spiro atoms. The zero-order valence-corrected chi connectivity index (χ0v) is 14.7. The molecule has 4 heteroatoms. The molecule has 0 amide bonds. The molecule has 2 aromatic rings. The molecule has 0 saturated carbocycles. The summed E-state index contributed by atoms with van der Waals surface area (Å²) in [5, 5.41) is 10.8. The van der Waals surface area contributed by atoms with Gasteiger partial charge in [0.2, 0.25) is 0 Å². The summed E-state index contributed by atoms with van der Waals surface area (Å²) in [4.78, 5) is 13.1. The lowest BCUT2D eigenvalue weighted by Gasteiger charge is -2.43. The summed E-state index contributed by atoms with van der Waals surface area (Å²) in [7, 11) is 0. The number of benzene rings is 1. The molecule has 0 fully saturated rings. The predicted molar refractivity (Wildman–Crippen MR) is 94.9 cm³/mol. The highest BCUT2D eigenvalue weighted by molar-refractivity contribution is 6.02. The Hall–Kier alpha value is -2.36. The molecule has 2 heterocycles. The van der Waals surface area contributed by atoms with E-state index in [4.69, 9.17) is 0 Å². The van der Waals surface area contributed by atoms with Gasteiger partial charge in [-0.05, 0) is 31.2 Å². The third kappa shape index (κ3) is 2.05. The Bertz CT molecular complexity index is 875. The van der Waals surface area contributed by atoms with Crippen molar-refractivity contribution in [2.45, 2.75) is 46.0 Å². The average molecular weight is 321 g/mol. The third-order valence-corrected chi connectivity index (χ3v) is 5.42. The summed E-state index contributed by atoms with van der Waals surface area (Å²) < 4.78 is 0. The van der Waals surface area contributed by atoms with Crippen molar-refractivity contribution in [3.63, 3.8) is 0 Å². The molecular formula is C20H23N3O. The molecule has 4 nitrogen and oxygen atoms in total. The van der Waals surface area contributed by atoms with Crippen LogP contribution in [0.5, 0.6) is 0 Å². The Morgan fingerprint density at radius 3 is 2.71 bits per heavy atom. The van der Waals surface area contributed by atoms with E-state index in [0.29, 0.717) is 6.42 Å². The number of aryl methyl sites for hydroxylation is 1. The second kappa shape index (κ2) is 4.82. The summed E-state index contributed by atoms with van der Waals surface area (Å²) in [5.41, 5.74) is 4.84. The number of nitrogens with one attached hydrogen (secondary N) is 2.